The van der Waals surface area contributed by atoms with Gasteiger partial charge in [0, 0.05) is 65.0 Å². The van der Waals surface area contributed by atoms with E-state index in [0.717, 1.165) is 29.5 Å². The van der Waals surface area contributed by atoms with Crippen molar-refractivity contribution < 1.29 is 66.6 Å². The molecule has 2 aromatic rings. The summed E-state index contributed by atoms with van der Waals surface area (Å²) in [6, 6.07) is 8.66. The SMILES string of the molecule is CC[C@H](C)[C@@H]([C@@H](CC(=O)N1CCC[C@H]1[C@H](OC)[C@@H](C)C(=O)N[C@@H](Cc1ccccc1)C(=O)OC(C)(C)C)OC)N(C)C(=O)[C@@H](NC(=O)[C@@H]1CCCC[N+]1(C)Cc1ccc(NC(=O)[C@H](CCCNC(N)=O)NC(=O)[C@@H](NC(=O)OC(C)(C)C)C(C)C)cc1CNC)C(C)C. The van der Waals surface area contributed by atoms with Crippen LogP contribution in [-0.4, -0.2) is 189 Å². The average molecular weight is 1310 g/mol. The van der Waals surface area contributed by atoms with Gasteiger partial charge >= 0.3 is 18.1 Å². The van der Waals surface area contributed by atoms with Gasteiger partial charge in [0.15, 0.2) is 6.04 Å². The Morgan fingerprint density at radius 1 is 0.753 bits per heavy atom. The van der Waals surface area contributed by atoms with E-state index in [2.05, 4.69) is 44.3 Å². The lowest BCUT2D eigenvalue weighted by molar-refractivity contribution is -0.942. The monoisotopic (exact) mass is 1300 g/mol. The van der Waals surface area contributed by atoms with E-state index in [1.54, 1.807) is 85.2 Å². The maximum Gasteiger partial charge on any atom is 0.408 e. The van der Waals surface area contributed by atoms with Gasteiger partial charge in [0.05, 0.1) is 50.2 Å². The summed E-state index contributed by atoms with van der Waals surface area (Å²) < 4.78 is 23.7. The van der Waals surface area contributed by atoms with Gasteiger partial charge in [0.2, 0.25) is 29.5 Å². The second-order valence-electron chi connectivity index (χ2n) is 28.3. The second-order valence-corrected chi connectivity index (χ2v) is 28.3. The van der Waals surface area contributed by atoms with Crippen molar-refractivity contribution in [2.75, 3.05) is 60.3 Å². The predicted octanol–water partition coefficient (Wildman–Crippen LogP) is 6.46. The zero-order valence-corrected chi connectivity index (χ0v) is 59.0. The van der Waals surface area contributed by atoms with Crippen LogP contribution in [0.4, 0.5) is 15.3 Å². The fourth-order valence-corrected chi connectivity index (χ4v) is 12.7. The van der Waals surface area contributed by atoms with Crippen molar-refractivity contribution in [3.05, 3.63) is 65.2 Å². The van der Waals surface area contributed by atoms with Gasteiger partial charge in [-0.25, -0.2) is 14.4 Å². The van der Waals surface area contributed by atoms with Gasteiger partial charge in [-0.05, 0) is 128 Å². The topological polar surface area (TPSA) is 307 Å². The van der Waals surface area contributed by atoms with E-state index in [-0.39, 0.29) is 61.3 Å². The number of carbonyl (C=O) groups excluding carboxylic acids is 9. The number of nitrogens with one attached hydrogen (secondary N) is 7. The van der Waals surface area contributed by atoms with Gasteiger partial charge < -0.3 is 76.2 Å². The zero-order valence-electron chi connectivity index (χ0n) is 59.0. The molecule has 522 valence electrons. The summed E-state index contributed by atoms with van der Waals surface area (Å²) >= 11 is 0. The molecule has 2 fully saturated rings. The fraction of sp³-hybridized carbons (Fsp3) is 0.696. The van der Waals surface area contributed by atoms with E-state index in [1.807, 2.05) is 77.2 Å². The van der Waals surface area contributed by atoms with Gasteiger partial charge in [0.1, 0.15) is 41.9 Å². The molecule has 4 rings (SSSR count). The van der Waals surface area contributed by atoms with Crippen LogP contribution in [0.3, 0.4) is 0 Å². The molecule has 9 amide bonds. The zero-order chi connectivity index (χ0) is 69.7. The van der Waals surface area contributed by atoms with Crippen LogP contribution in [-0.2, 0) is 72.0 Å². The number of primary amides is 1. The Morgan fingerprint density at radius 3 is 1.98 bits per heavy atom. The Morgan fingerprint density at radius 2 is 1.40 bits per heavy atom. The highest BCUT2D eigenvalue weighted by molar-refractivity contribution is 5.98. The summed E-state index contributed by atoms with van der Waals surface area (Å²) in [5.74, 6) is -4.46. The molecule has 0 spiro atoms. The normalized spacial score (nSPS) is 19.7. The molecule has 2 heterocycles. The molecule has 2 aliphatic heterocycles. The van der Waals surface area contributed by atoms with E-state index >= 15 is 4.79 Å². The number of ether oxygens (including phenoxy) is 4. The number of hydrogen-bond acceptors (Lipinski definition) is 14. The van der Waals surface area contributed by atoms with E-state index in [1.165, 1.54) is 14.2 Å². The quantitative estimate of drug-likeness (QED) is 0.0216. The third kappa shape index (κ3) is 23.8. The number of carbonyl (C=O) groups is 9. The summed E-state index contributed by atoms with van der Waals surface area (Å²) in [4.78, 5) is 128. The van der Waals surface area contributed by atoms with Crippen LogP contribution in [0, 0.1) is 23.7 Å². The molecule has 0 aromatic heterocycles. The maximum absolute atomic E-state index is 15.1. The lowest BCUT2D eigenvalue weighted by Gasteiger charge is -2.45. The minimum absolute atomic E-state index is 0.0697. The van der Waals surface area contributed by atoms with Gasteiger partial charge in [0.25, 0.3) is 5.91 Å². The van der Waals surface area contributed by atoms with Crippen LogP contribution < -0.4 is 43.0 Å². The third-order valence-corrected chi connectivity index (χ3v) is 17.8. The molecule has 0 saturated carbocycles. The van der Waals surface area contributed by atoms with Crippen LogP contribution in [0.15, 0.2) is 48.5 Å². The van der Waals surface area contributed by atoms with Crippen molar-refractivity contribution in [3.8, 4) is 0 Å². The number of benzene rings is 2. The van der Waals surface area contributed by atoms with E-state index in [4.69, 9.17) is 24.7 Å². The van der Waals surface area contributed by atoms with Crippen LogP contribution in [0.2, 0.25) is 0 Å². The molecule has 24 nitrogen and oxygen atoms in total. The van der Waals surface area contributed by atoms with Crippen molar-refractivity contribution in [2.24, 2.45) is 29.4 Å². The smallest absolute Gasteiger partial charge is 0.408 e. The average Bonchev–Trinajstić information content (AvgIpc) is 1.20. The van der Waals surface area contributed by atoms with Crippen molar-refractivity contribution in [2.45, 2.75) is 233 Å². The number of anilines is 1. The molecule has 0 radical (unpaired) electrons. The Labute approximate surface area is 553 Å². The summed E-state index contributed by atoms with van der Waals surface area (Å²) in [6.45, 7) is 25.7. The Bertz CT molecular complexity index is 2810. The number of quaternary nitrogens is 1. The first-order chi connectivity index (χ1) is 43.6. The molecule has 1 unspecified atom stereocenters. The van der Waals surface area contributed by atoms with Crippen LogP contribution in [0.5, 0.6) is 0 Å². The van der Waals surface area contributed by atoms with Crippen LogP contribution >= 0.6 is 0 Å². The number of methoxy groups -OCH3 is 2. The maximum atomic E-state index is 15.1. The number of esters is 1. The van der Waals surface area contributed by atoms with E-state index in [0.29, 0.717) is 68.5 Å². The molecule has 0 bridgehead atoms. The fourth-order valence-electron chi connectivity index (χ4n) is 12.7. The molecule has 24 heteroatoms. The lowest BCUT2D eigenvalue weighted by atomic mass is 9.89. The van der Waals surface area contributed by atoms with Crippen molar-refractivity contribution >= 4 is 59.2 Å². The van der Waals surface area contributed by atoms with Gasteiger partial charge in [-0.15, -0.1) is 0 Å². The number of alkyl carbamates (subject to hydrolysis) is 1. The number of nitrogens with zero attached hydrogens (tertiary/aromatic N) is 3. The number of likely N-dealkylation sites (tertiary alicyclic amines) is 2. The summed E-state index contributed by atoms with van der Waals surface area (Å²) in [7, 11) is 8.65. The first-order valence-electron chi connectivity index (χ1n) is 33.3. The first-order valence-corrected chi connectivity index (χ1v) is 33.3. The predicted molar refractivity (Wildman–Crippen MR) is 358 cm³/mol. The number of rotatable bonds is 33. The highest BCUT2D eigenvalue weighted by atomic mass is 16.6. The molecule has 12 atom stereocenters. The van der Waals surface area contributed by atoms with E-state index in [9.17, 15) is 38.4 Å². The van der Waals surface area contributed by atoms with Gasteiger partial charge in [-0.3, -0.25) is 28.8 Å². The standard InChI is InChI=1S/C69H113N11O13/c1-19-44(6)58(54(90-17)39-55(81)79-35-26-30-52(79)59(91-18)45(7)60(82)75-51(65(87)92-68(8,9)10)37-46-27-21-20-22-28-46)78(15)64(86)57(43(4)5)76-62(84)53-31-23-24-36-80(53,16)41-47-32-33-49(38-48(47)40-71-14)73-61(83)50(29-25-34-72-66(70)88)74-63(85)56(42(2)3)77-67(89)93-69(11,12)13/h20-22,27-28,32-33,38,42-45,50-54,56-59,71H,19,23-26,29-31,34-37,39-41H2,1-18H3,(H7-,70,72,73,74,75,76,77,82,83,84,85,88,89)/p+1/t44-,45+,50-,51-,52-,53-,54+,56-,57-,58-,59+,80?/m0/s1. The number of likely N-dealkylation sites (N-methyl/N-ethyl adjacent to an activating group) is 2. The van der Waals surface area contributed by atoms with Crippen LogP contribution in [0.25, 0.3) is 0 Å². The molecule has 2 aliphatic rings. The van der Waals surface area contributed by atoms with E-state index < -0.39 is 107 Å². The molecule has 2 saturated heterocycles. The molecule has 9 N–H and O–H groups in total. The van der Waals surface area contributed by atoms with Gasteiger partial charge in [-0.2, -0.15) is 0 Å². The summed E-state index contributed by atoms with van der Waals surface area (Å²) in [5.41, 5.74) is 6.82. The molecule has 0 aliphatic carbocycles. The number of hydrogen-bond donors (Lipinski definition) is 8. The van der Waals surface area contributed by atoms with Gasteiger partial charge in [-0.1, -0.05) is 91.3 Å². The molecular weight excluding hydrogens is 1190 g/mol. The number of urea groups is 1. The highest BCUT2D eigenvalue weighted by Crippen LogP contribution is 2.33. The molecule has 2 aromatic carbocycles. The summed E-state index contributed by atoms with van der Waals surface area (Å²) in [6.07, 6.45) is 2.48. The van der Waals surface area contributed by atoms with Crippen molar-refractivity contribution in [1.82, 2.24) is 41.7 Å². The minimum Gasteiger partial charge on any atom is -0.458 e. The third-order valence-electron chi connectivity index (χ3n) is 17.8. The Kier molecular flexibility index (Phi) is 30.5. The largest absolute Gasteiger partial charge is 0.458 e. The number of nitrogens with two attached hydrogens (primary N) is 1. The molecular formula is C69H114N11O13+. The number of amides is 9. The number of piperidine rings is 1. The van der Waals surface area contributed by atoms with Crippen molar-refractivity contribution in [1.29, 1.82) is 0 Å². The minimum atomic E-state index is -1.08. The Balaban J connectivity index is 1.53. The molecule has 93 heavy (non-hydrogen) atoms. The van der Waals surface area contributed by atoms with Crippen LogP contribution in [0.1, 0.15) is 164 Å². The Hall–Kier alpha value is -6.89. The first kappa shape index (κ1) is 78.6. The highest BCUT2D eigenvalue weighted by Gasteiger charge is 2.46. The summed E-state index contributed by atoms with van der Waals surface area (Å²) in [5, 5.41) is 20.3. The lowest BCUT2D eigenvalue weighted by Crippen LogP contribution is -2.64. The van der Waals surface area contributed by atoms with Crippen molar-refractivity contribution in [3.63, 3.8) is 0 Å². The second kappa shape index (κ2) is 36.1.